The molecule has 0 spiro atoms. The molecule has 176 valence electrons. The first-order chi connectivity index (χ1) is 15.8. The molecule has 0 saturated heterocycles. The molecule has 1 heterocycles. The van der Waals surface area contributed by atoms with Gasteiger partial charge in [-0.05, 0) is 42.8 Å². The molecule has 1 amide bonds. The van der Waals surface area contributed by atoms with Crippen molar-refractivity contribution in [1.29, 1.82) is 0 Å². The van der Waals surface area contributed by atoms with Crippen LogP contribution in [-0.4, -0.2) is 46.0 Å². The molecule has 3 rings (SSSR count). The minimum Gasteiger partial charge on any atom is -0.497 e. The van der Waals surface area contributed by atoms with E-state index in [0.717, 1.165) is 10.2 Å². The molecule has 0 bridgehead atoms. The summed E-state index contributed by atoms with van der Waals surface area (Å²) >= 11 is 1.30. The van der Waals surface area contributed by atoms with Crippen LogP contribution < -0.4 is 19.0 Å². The van der Waals surface area contributed by atoms with E-state index >= 15 is 0 Å². The zero-order valence-electron chi connectivity index (χ0n) is 18.7. The first kappa shape index (κ1) is 24.5. The lowest BCUT2D eigenvalue weighted by molar-refractivity contribution is -0.118. The lowest BCUT2D eigenvalue weighted by Gasteiger charge is -2.08. The van der Waals surface area contributed by atoms with Gasteiger partial charge < -0.3 is 18.8 Å². The summed E-state index contributed by atoms with van der Waals surface area (Å²) in [6.45, 7) is 4.21. The second-order valence-electron chi connectivity index (χ2n) is 7.04. The number of carbonyl (C=O) groups is 1. The van der Waals surface area contributed by atoms with Gasteiger partial charge in [0.15, 0.2) is 14.6 Å². The number of methoxy groups -OCH3 is 3. The van der Waals surface area contributed by atoms with Gasteiger partial charge in [-0.1, -0.05) is 17.4 Å². The Hall–Kier alpha value is -3.11. The number of allylic oxidation sites excluding steroid dienone is 1. The summed E-state index contributed by atoms with van der Waals surface area (Å²) in [5, 5.41) is 0. The quantitative estimate of drug-likeness (QED) is 0.403. The molecular weight excluding hydrogens is 464 g/mol. The van der Waals surface area contributed by atoms with E-state index in [1.54, 1.807) is 44.6 Å². The smallest absolute Gasteiger partial charge is 0.248 e. The number of sulfone groups is 1. The minimum absolute atomic E-state index is 0.00594. The van der Waals surface area contributed by atoms with Crippen LogP contribution in [0.3, 0.4) is 0 Å². The second kappa shape index (κ2) is 10.7. The van der Waals surface area contributed by atoms with Crippen LogP contribution in [0.1, 0.15) is 12.8 Å². The van der Waals surface area contributed by atoms with Crippen molar-refractivity contribution in [3.05, 3.63) is 53.9 Å². The van der Waals surface area contributed by atoms with Gasteiger partial charge in [-0.2, -0.15) is 4.99 Å². The Morgan fingerprint density at radius 2 is 1.73 bits per heavy atom. The second-order valence-corrected chi connectivity index (χ2v) is 10.1. The minimum atomic E-state index is -3.51. The lowest BCUT2D eigenvalue weighted by atomic mass is 10.3. The summed E-state index contributed by atoms with van der Waals surface area (Å²) in [5.41, 5.74) is 0.760. The standard InChI is InChI=1S/C23H26N2O6S2/c1-5-14-25-21-18(30-3)12-13-19(31-4)22(21)32-23(25)24-20(26)7-6-15-33(27,28)17-10-8-16(29-2)9-11-17/h5,8-13H,1,6-7,14-15H2,2-4H3. The first-order valence-electron chi connectivity index (χ1n) is 10.1. The van der Waals surface area contributed by atoms with Crippen LogP contribution in [0.5, 0.6) is 17.2 Å². The molecule has 0 aliphatic carbocycles. The van der Waals surface area contributed by atoms with Crippen LogP contribution in [0.2, 0.25) is 0 Å². The Bertz CT molecular complexity index is 1320. The summed E-state index contributed by atoms with van der Waals surface area (Å²) in [4.78, 5) is 17.5. The highest BCUT2D eigenvalue weighted by Gasteiger charge is 2.17. The molecule has 8 nitrogen and oxygen atoms in total. The Kier molecular flexibility index (Phi) is 7.93. The summed E-state index contributed by atoms with van der Waals surface area (Å²) in [6.07, 6.45) is 1.87. The van der Waals surface area contributed by atoms with Gasteiger partial charge in [0.1, 0.15) is 27.5 Å². The predicted molar refractivity (Wildman–Crippen MR) is 128 cm³/mol. The Morgan fingerprint density at radius 3 is 2.33 bits per heavy atom. The first-order valence-corrected chi connectivity index (χ1v) is 12.6. The highest BCUT2D eigenvalue weighted by atomic mass is 32.2. The molecule has 0 N–H and O–H groups in total. The van der Waals surface area contributed by atoms with Gasteiger partial charge in [-0.25, -0.2) is 8.42 Å². The number of hydrogen-bond acceptors (Lipinski definition) is 7. The molecule has 10 heteroatoms. The lowest BCUT2D eigenvalue weighted by Crippen LogP contribution is -2.17. The third-order valence-corrected chi connectivity index (χ3v) is 7.86. The van der Waals surface area contributed by atoms with Crippen molar-refractivity contribution in [2.75, 3.05) is 27.1 Å². The highest BCUT2D eigenvalue weighted by Crippen LogP contribution is 2.35. The van der Waals surface area contributed by atoms with Crippen LogP contribution in [0.25, 0.3) is 10.2 Å². The zero-order valence-corrected chi connectivity index (χ0v) is 20.4. The maximum absolute atomic E-state index is 12.6. The zero-order chi connectivity index (χ0) is 24.0. The maximum Gasteiger partial charge on any atom is 0.248 e. The summed E-state index contributed by atoms with van der Waals surface area (Å²) < 4.78 is 43.7. The summed E-state index contributed by atoms with van der Waals surface area (Å²) in [5.74, 6) is 1.30. The van der Waals surface area contributed by atoms with Crippen molar-refractivity contribution >= 4 is 37.3 Å². The number of thiazole rings is 1. The fraction of sp³-hybridized carbons (Fsp3) is 0.304. The molecule has 3 aromatic rings. The fourth-order valence-electron chi connectivity index (χ4n) is 3.31. The van der Waals surface area contributed by atoms with Crippen molar-refractivity contribution < 1.29 is 27.4 Å². The number of ether oxygens (including phenoxy) is 3. The average Bonchev–Trinajstić information content (AvgIpc) is 3.16. The third kappa shape index (κ3) is 5.45. The van der Waals surface area contributed by atoms with Crippen LogP contribution in [-0.2, 0) is 21.2 Å². The van der Waals surface area contributed by atoms with E-state index in [4.69, 9.17) is 14.2 Å². The van der Waals surface area contributed by atoms with Crippen LogP contribution >= 0.6 is 11.3 Å². The van der Waals surface area contributed by atoms with Gasteiger partial charge in [0.2, 0.25) is 5.91 Å². The van der Waals surface area contributed by atoms with Gasteiger partial charge in [0.25, 0.3) is 0 Å². The largest absolute Gasteiger partial charge is 0.497 e. The topological polar surface area (TPSA) is 96.2 Å². The average molecular weight is 491 g/mol. The molecule has 0 unspecified atom stereocenters. The maximum atomic E-state index is 12.6. The molecule has 0 aliphatic rings. The van der Waals surface area contributed by atoms with Gasteiger partial charge in [-0.15, -0.1) is 6.58 Å². The monoisotopic (exact) mass is 490 g/mol. The van der Waals surface area contributed by atoms with E-state index in [-0.39, 0.29) is 23.5 Å². The molecule has 0 radical (unpaired) electrons. The Balaban J connectivity index is 1.82. The Labute approximate surface area is 196 Å². The van der Waals surface area contributed by atoms with Gasteiger partial charge in [-0.3, -0.25) is 4.79 Å². The van der Waals surface area contributed by atoms with E-state index in [1.165, 1.54) is 30.6 Å². The summed E-state index contributed by atoms with van der Waals surface area (Å²) in [7, 11) is 1.15. The number of aromatic nitrogens is 1. The van der Waals surface area contributed by atoms with E-state index in [2.05, 4.69) is 11.6 Å². The SMILES string of the molecule is C=CCn1c(=NC(=O)CCCS(=O)(=O)c2ccc(OC)cc2)sc2c(OC)ccc(OC)c21. The van der Waals surface area contributed by atoms with Gasteiger partial charge >= 0.3 is 0 Å². The van der Waals surface area contributed by atoms with E-state index in [9.17, 15) is 13.2 Å². The number of benzene rings is 2. The number of nitrogens with zero attached hydrogens (tertiary/aromatic N) is 2. The van der Waals surface area contributed by atoms with Crippen molar-refractivity contribution in [2.24, 2.45) is 4.99 Å². The van der Waals surface area contributed by atoms with Crippen molar-refractivity contribution in [2.45, 2.75) is 24.3 Å². The normalized spacial score (nSPS) is 12.0. The number of hydrogen-bond donors (Lipinski definition) is 0. The number of fused-ring (bicyclic) bond motifs is 1. The molecule has 1 aromatic heterocycles. The summed E-state index contributed by atoms with van der Waals surface area (Å²) in [6, 6.07) is 9.77. The molecule has 33 heavy (non-hydrogen) atoms. The van der Waals surface area contributed by atoms with Crippen molar-refractivity contribution in [3.63, 3.8) is 0 Å². The van der Waals surface area contributed by atoms with E-state index < -0.39 is 15.7 Å². The van der Waals surface area contributed by atoms with Crippen LogP contribution in [0, 0.1) is 0 Å². The number of rotatable bonds is 10. The predicted octanol–water partition coefficient (Wildman–Crippen LogP) is 3.60. The molecule has 0 atom stereocenters. The third-order valence-electron chi connectivity index (χ3n) is 4.95. The van der Waals surface area contributed by atoms with Gasteiger partial charge in [0, 0.05) is 13.0 Å². The van der Waals surface area contributed by atoms with Crippen LogP contribution in [0.15, 0.2) is 58.9 Å². The van der Waals surface area contributed by atoms with Gasteiger partial charge in [0.05, 0.1) is 32.0 Å². The Morgan fingerprint density at radius 1 is 1.06 bits per heavy atom. The molecule has 2 aromatic carbocycles. The fourth-order valence-corrected chi connectivity index (χ4v) is 5.79. The highest BCUT2D eigenvalue weighted by molar-refractivity contribution is 7.91. The number of amides is 1. The van der Waals surface area contributed by atoms with E-state index in [1.807, 2.05) is 4.57 Å². The molecule has 0 saturated carbocycles. The van der Waals surface area contributed by atoms with Crippen molar-refractivity contribution in [3.8, 4) is 17.2 Å². The molecule has 0 fully saturated rings. The van der Waals surface area contributed by atoms with E-state index in [0.29, 0.717) is 28.6 Å². The number of carbonyl (C=O) groups excluding carboxylic acids is 1. The molecule has 0 aliphatic heterocycles. The molecular formula is C23H26N2O6S2. The van der Waals surface area contributed by atoms with Crippen LogP contribution in [0.4, 0.5) is 0 Å². The van der Waals surface area contributed by atoms with Crippen molar-refractivity contribution in [1.82, 2.24) is 4.57 Å².